The first-order chi connectivity index (χ1) is 9.56. The first-order valence-corrected chi connectivity index (χ1v) is 7.97. The zero-order chi connectivity index (χ0) is 14.7. The van der Waals surface area contributed by atoms with Crippen LogP contribution >= 0.6 is 11.8 Å². The molecular formula is C13H21N3O3S. The van der Waals surface area contributed by atoms with Crippen LogP contribution in [0.1, 0.15) is 55.4 Å². The zero-order valence-electron chi connectivity index (χ0n) is 11.6. The Bertz CT molecular complexity index is 489. The molecule has 1 aromatic rings. The highest BCUT2D eigenvalue weighted by Gasteiger charge is 2.30. The van der Waals surface area contributed by atoms with Crippen molar-refractivity contribution < 1.29 is 15.0 Å². The predicted molar refractivity (Wildman–Crippen MR) is 78.1 cm³/mol. The molecule has 1 aliphatic carbocycles. The number of carboxylic acid groups (broad SMARTS) is 1. The summed E-state index contributed by atoms with van der Waals surface area (Å²) in [6, 6.07) is -0.221. The number of thioether (sulfide) groups is 1. The first-order valence-electron chi connectivity index (χ1n) is 6.98. The van der Waals surface area contributed by atoms with Crippen LogP contribution in [0.2, 0.25) is 0 Å². The number of rotatable bonds is 4. The van der Waals surface area contributed by atoms with Gasteiger partial charge in [-0.1, -0.05) is 26.2 Å². The average molecular weight is 299 g/mol. The maximum atomic E-state index is 11.4. The molecule has 0 aliphatic heterocycles. The van der Waals surface area contributed by atoms with Gasteiger partial charge in [-0.3, -0.25) is 0 Å². The van der Waals surface area contributed by atoms with Crippen LogP contribution in [-0.2, 0) is 0 Å². The third-order valence-electron chi connectivity index (χ3n) is 3.67. The summed E-state index contributed by atoms with van der Waals surface area (Å²) in [4.78, 5) is 11.4. The first kappa shape index (κ1) is 15.2. The number of nitrogen functional groups attached to an aromatic ring is 1. The average Bonchev–Trinajstić information content (AvgIpc) is 2.57. The molecule has 1 saturated carbocycles. The van der Waals surface area contributed by atoms with Crippen LogP contribution in [0.15, 0.2) is 5.03 Å². The number of carboxylic acids is 1. The molecule has 2 rings (SSSR count). The van der Waals surface area contributed by atoms with E-state index in [0.717, 1.165) is 31.4 Å². The van der Waals surface area contributed by atoms with E-state index in [4.69, 9.17) is 5.73 Å². The molecule has 1 heterocycles. The molecule has 0 amide bonds. The molecule has 0 radical (unpaired) electrons. The molecule has 4 N–H and O–H groups in total. The van der Waals surface area contributed by atoms with Crippen LogP contribution in [0, 0.1) is 0 Å². The lowest BCUT2D eigenvalue weighted by Crippen LogP contribution is -2.25. The second kappa shape index (κ2) is 6.49. The fourth-order valence-electron chi connectivity index (χ4n) is 2.67. The van der Waals surface area contributed by atoms with Crippen molar-refractivity contribution in [3.05, 3.63) is 5.56 Å². The number of nitrogens with two attached hydrogens (primary N) is 1. The molecule has 20 heavy (non-hydrogen) atoms. The number of hydrogen-bond donors (Lipinski definition) is 3. The lowest BCUT2D eigenvalue weighted by molar-refractivity contribution is 0.0693. The number of hydrogen-bond acceptors (Lipinski definition) is 5. The predicted octanol–water partition coefficient (Wildman–Crippen LogP) is 2.14. The number of aliphatic hydroxyl groups excluding tert-OH is 1. The normalized spacial score (nSPS) is 23.5. The van der Waals surface area contributed by atoms with Gasteiger partial charge in [0.25, 0.3) is 0 Å². The Morgan fingerprint density at radius 1 is 1.45 bits per heavy atom. The maximum absolute atomic E-state index is 11.4. The Morgan fingerprint density at radius 3 is 2.80 bits per heavy atom. The summed E-state index contributed by atoms with van der Waals surface area (Å²) in [5.41, 5.74) is 6.04. The second-order valence-corrected chi connectivity index (χ2v) is 6.27. The summed E-state index contributed by atoms with van der Waals surface area (Å²) in [6.45, 7) is 1.94. The molecular weight excluding hydrogens is 278 g/mol. The largest absolute Gasteiger partial charge is 0.477 e. The molecule has 1 aromatic heterocycles. The van der Waals surface area contributed by atoms with E-state index in [1.807, 2.05) is 6.92 Å². The van der Waals surface area contributed by atoms with Gasteiger partial charge in [-0.05, 0) is 18.6 Å². The van der Waals surface area contributed by atoms with E-state index < -0.39 is 12.1 Å². The summed E-state index contributed by atoms with van der Waals surface area (Å²) >= 11 is 1.36. The van der Waals surface area contributed by atoms with E-state index in [9.17, 15) is 15.0 Å². The van der Waals surface area contributed by atoms with E-state index in [1.165, 1.54) is 16.4 Å². The van der Waals surface area contributed by atoms with Crippen LogP contribution in [0.25, 0.3) is 0 Å². The van der Waals surface area contributed by atoms with Crippen molar-refractivity contribution in [2.45, 2.75) is 56.2 Å². The molecule has 6 nitrogen and oxygen atoms in total. The fourth-order valence-corrected chi connectivity index (χ4v) is 3.43. The Labute approximate surface area is 122 Å². The van der Waals surface area contributed by atoms with Gasteiger partial charge in [0.1, 0.15) is 16.4 Å². The Kier molecular flexibility index (Phi) is 4.93. The van der Waals surface area contributed by atoms with Gasteiger partial charge in [-0.25, -0.2) is 9.48 Å². The highest BCUT2D eigenvalue weighted by molar-refractivity contribution is 7.99. The topological polar surface area (TPSA) is 101 Å². The zero-order valence-corrected chi connectivity index (χ0v) is 12.4. The monoisotopic (exact) mass is 299 g/mol. The molecule has 1 aliphatic rings. The van der Waals surface area contributed by atoms with E-state index in [1.54, 1.807) is 0 Å². The standard InChI is InChI=1S/C13H21N3O3S/c1-2-20-12-10(13(18)19)11(14)16(15-12)8-6-4-3-5-7-9(8)17/h8-9,17H,2-7,14H2,1H3,(H,18,19). The van der Waals surface area contributed by atoms with E-state index >= 15 is 0 Å². The van der Waals surface area contributed by atoms with Crippen LogP contribution in [-0.4, -0.2) is 37.8 Å². The molecule has 112 valence electrons. The fraction of sp³-hybridized carbons (Fsp3) is 0.692. The van der Waals surface area contributed by atoms with Crippen molar-refractivity contribution in [2.24, 2.45) is 0 Å². The lowest BCUT2D eigenvalue weighted by atomic mass is 10.1. The van der Waals surface area contributed by atoms with Crippen molar-refractivity contribution in [1.29, 1.82) is 0 Å². The van der Waals surface area contributed by atoms with Crippen LogP contribution in [0.3, 0.4) is 0 Å². The van der Waals surface area contributed by atoms with E-state index in [-0.39, 0.29) is 17.4 Å². The van der Waals surface area contributed by atoms with Crippen molar-refractivity contribution >= 4 is 23.5 Å². The second-order valence-electron chi connectivity index (χ2n) is 5.02. The minimum Gasteiger partial charge on any atom is -0.477 e. The molecule has 1 fully saturated rings. The summed E-state index contributed by atoms with van der Waals surface area (Å²) < 4.78 is 1.53. The van der Waals surface area contributed by atoms with Gasteiger partial charge in [0.05, 0.1) is 12.1 Å². The molecule has 0 aromatic carbocycles. The van der Waals surface area contributed by atoms with Gasteiger partial charge in [-0.15, -0.1) is 11.8 Å². The summed E-state index contributed by atoms with van der Waals surface area (Å²) in [5.74, 6) is -0.184. The van der Waals surface area contributed by atoms with Gasteiger partial charge >= 0.3 is 5.97 Å². The Hall–Kier alpha value is -1.21. The third kappa shape index (κ3) is 2.93. The third-order valence-corrected chi connectivity index (χ3v) is 4.52. The van der Waals surface area contributed by atoms with Gasteiger partial charge in [-0.2, -0.15) is 5.10 Å². The van der Waals surface area contributed by atoms with Crippen molar-refractivity contribution in [2.75, 3.05) is 11.5 Å². The number of anilines is 1. The number of aromatic nitrogens is 2. The van der Waals surface area contributed by atoms with Crippen molar-refractivity contribution in [1.82, 2.24) is 9.78 Å². The number of carbonyl (C=O) groups is 1. The highest BCUT2D eigenvalue weighted by Crippen LogP contribution is 2.34. The number of aliphatic hydroxyl groups is 1. The SMILES string of the molecule is CCSc1nn(C2CCCCCC2O)c(N)c1C(=O)O. The quantitative estimate of drug-likeness (QED) is 0.581. The minimum atomic E-state index is -1.06. The van der Waals surface area contributed by atoms with Gasteiger partial charge in [0.2, 0.25) is 0 Å². The molecule has 2 atom stereocenters. The highest BCUT2D eigenvalue weighted by atomic mass is 32.2. The summed E-state index contributed by atoms with van der Waals surface area (Å²) in [6.07, 6.45) is 4.05. The summed E-state index contributed by atoms with van der Waals surface area (Å²) in [7, 11) is 0. The van der Waals surface area contributed by atoms with Gasteiger partial charge in [0.15, 0.2) is 0 Å². The lowest BCUT2D eigenvalue weighted by Gasteiger charge is -2.21. The molecule has 0 bridgehead atoms. The van der Waals surface area contributed by atoms with Gasteiger partial charge < -0.3 is 15.9 Å². The smallest absolute Gasteiger partial charge is 0.342 e. The van der Waals surface area contributed by atoms with Crippen LogP contribution in [0.5, 0.6) is 0 Å². The number of aromatic carboxylic acids is 1. The Balaban J connectivity index is 2.40. The van der Waals surface area contributed by atoms with Crippen molar-refractivity contribution in [3.8, 4) is 0 Å². The molecule has 7 heteroatoms. The van der Waals surface area contributed by atoms with Crippen molar-refractivity contribution in [3.63, 3.8) is 0 Å². The maximum Gasteiger partial charge on any atom is 0.342 e. The van der Waals surface area contributed by atoms with E-state index in [2.05, 4.69) is 5.10 Å². The number of nitrogens with zero attached hydrogens (tertiary/aromatic N) is 2. The molecule has 0 spiro atoms. The summed E-state index contributed by atoms with van der Waals surface area (Å²) in [5, 5.41) is 24.3. The molecule has 0 saturated heterocycles. The van der Waals surface area contributed by atoms with Crippen LogP contribution < -0.4 is 5.73 Å². The van der Waals surface area contributed by atoms with Crippen LogP contribution in [0.4, 0.5) is 5.82 Å². The Morgan fingerprint density at radius 2 is 2.15 bits per heavy atom. The van der Waals surface area contributed by atoms with E-state index in [0.29, 0.717) is 11.4 Å². The molecule has 2 unspecified atom stereocenters. The van der Waals surface area contributed by atoms with Gasteiger partial charge in [0, 0.05) is 0 Å². The minimum absolute atomic E-state index is 0.0632.